The van der Waals surface area contributed by atoms with E-state index in [0.717, 1.165) is 5.56 Å². The van der Waals surface area contributed by atoms with Gasteiger partial charge in [-0.15, -0.1) is 0 Å². The fraction of sp³-hybridized carbons (Fsp3) is 0.136. The van der Waals surface area contributed by atoms with Crippen LogP contribution in [0.5, 0.6) is 5.75 Å². The quantitative estimate of drug-likeness (QED) is 0.611. The lowest BCUT2D eigenvalue weighted by atomic mass is 10.2. The second kappa shape index (κ2) is 8.79. The summed E-state index contributed by atoms with van der Waals surface area (Å²) < 4.78 is 33.3. The third kappa shape index (κ3) is 5.36. The number of carbonyl (C=O) groups excluding carboxylic acids is 1. The largest absolute Gasteiger partial charge is 0.481 e. The van der Waals surface area contributed by atoms with Crippen molar-refractivity contribution in [3.63, 3.8) is 0 Å². The summed E-state index contributed by atoms with van der Waals surface area (Å²) in [5.41, 5.74) is 1.83. The summed E-state index contributed by atoms with van der Waals surface area (Å²) >= 11 is 0. The van der Waals surface area contributed by atoms with Crippen molar-refractivity contribution in [2.24, 2.45) is 0 Å². The number of benzene rings is 3. The van der Waals surface area contributed by atoms with Crippen LogP contribution in [0.3, 0.4) is 0 Å². The molecule has 3 aromatic carbocycles. The first-order chi connectivity index (χ1) is 13.8. The van der Waals surface area contributed by atoms with Crippen molar-refractivity contribution >= 4 is 27.3 Å². The van der Waals surface area contributed by atoms with Crippen LogP contribution in [0.15, 0.2) is 83.8 Å². The van der Waals surface area contributed by atoms with Gasteiger partial charge in [0.1, 0.15) is 5.75 Å². The van der Waals surface area contributed by atoms with E-state index in [1.165, 1.54) is 12.1 Å². The number of hydrogen-bond donors (Lipinski definition) is 2. The van der Waals surface area contributed by atoms with Crippen molar-refractivity contribution in [3.8, 4) is 5.75 Å². The number of amides is 1. The van der Waals surface area contributed by atoms with Gasteiger partial charge in [-0.3, -0.25) is 9.52 Å². The van der Waals surface area contributed by atoms with E-state index >= 15 is 0 Å². The smallest absolute Gasteiger partial charge is 0.265 e. The van der Waals surface area contributed by atoms with E-state index in [0.29, 0.717) is 17.1 Å². The van der Waals surface area contributed by atoms with Gasteiger partial charge in [0.15, 0.2) is 6.10 Å². The van der Waals surface area contributed by atoms with Crippen molar-refractivity contribution in [3.05, 3.63) is 84.4 Å². The molecule has 0 aliphatic carbocycles. The molecule has 1 atom stereocenters. The van der Waals surface area contributed by atoms with Crippen LogP contribution in [0.2, 0.25) is 0 Å². The highest BCUT2D eigenvalue weighted by Gasteiger charge is 2.17. The Bertz CT molecular complexity index is 1080. The lowest BCUT2D eigenvalue weighted by Gasteiger charge is -2.15. The van der Waals surface area contributed by atoms with Crippen molar-refractivity contribution in [1.29, 1.82) is 0 Å². The van der Waals surface area contributed by atoms with Gasteiger partial charge < -0.3 is 10.1 Å². The fourth-order valence-electron chi connectivity index (χ4n) is 2.61. The Kier molecular flexibility index (Phi) is 6.19. The molecular formula is C22H22N2O4S. The minimum absolute atomic E-state index is 0.104. The maximum Gasteiger partial charge on any atom is 0.265 e. The van der Waals surface area contributed by atoms with E-state index in [1.54, 1.807) is 43.3 Å². The molecule has 0 saturated heterocycles. The first-order valence-electron chi connectivity index (χ1n) is 9.06. The van der Waals surface area contributed by atoms with Crippen LogP contribution < -0.4 is 14.8 Å². The summed E-state index contributed by atoms with van der Waals surface area (Å²) in [6, 6.07) is 22.2. The molecule has 6 nitrogen and oxygen atoms in total. The Morgan fingerprint density at radius 2 is 1.52 bits per heavy atom. The number of carbonyl (C=O) groups is 1. The zero-order valence-corrected chi connectivity index (χ0v) is 16.9. The maximum atomic E-state index is 12.6. The molecule has 7 heteroatoms. The highest BCUT2D eigenvalue weighted by molar-refractivity contribution is 7.92. The predicted molar refractivity (Wildman–Crippen MR) is 114 cm³/mol. The molecule has 0 saturated carbocycles. The summed E-state index contributed by atoms with van der Waals surface area (Å²) in [5.74, 6) is 0.265. The molecule has 0 aliphatic rings. The SMILES string of the molecule is Cc1ccccc1NS(=O)(=O)c1ccc(NC(=O)[C@@H](C)Oc2ccccc2)cc1. The first-order valence-corrected chi connectivity index (χ1v) is 10.5. The third-order valence-electron chi connectivity index (χ3n) is 4.25. The number of nitrogens with one attached hydrogen (secondary N) is 2. The van der Waals surface area contributed by atoms with Crippen LogP contribution in [0, 0.1) is 6.92 Å². The maximum absolute atomic E-state index is 12.6. The Morgan fingerprint density at radius 3 is 2.17 bits per heavy atom. The molecule has 0 spiro atoms. The lowest BCUT2D eigenvalue weighted by molar-refractivity contribution is -0.122. The Balaban J connectivity index is 1.65. The molecule has 0 heterocycles. The Labute approximate surface area is 170 Å². The van der Waals surface area contributed by atoms with Gasteiger partial charge in [0.2, 0.25) is 0 Å². The molecule has 29 heavy (non-hydrogen) atoms. The second-order valence-corrected chi connectivity index (χ2v) is 8.19. The normalized spacial score (nSPS) is 12.1. The van der Waals surface area contributed by atoms with E-state index < -0.39 is 16.1 Å². The van der Waals surface area contributed by atoms with Gasteiger partial charge in [0.25, 0.3) is 15.9 Å². The summed E-state index contributed by atoms with van der Waals surface area (Å²) in [7, 11) is -3.73. The highest BCUT2D eigenvalue weighted by atomic mass is 32.2. The average molecular weight is 410 g/mol. The van der Waals surface area contributed by atoms with Crippen LogP contribution >= 0.6 is 0 Å². The van der Waals surface area contributed by atoms with Crippen molar-refractivity contribution < 1.29 is 17.9 Å². The third-order valence-corrected chi connectivity index (χ3v) is 5.63. The number of ether oxygens (including phenoxy) is 1. The molecule has 0 bridgehead atoms. The predicted octanol–water partition coefficient (Wildman–Crippen LogP) is 4.20. The molecular weight excluding hydrogens is 388 g/mol. The number of anilines is 2. The van der Waals surface area contributed by atoms with Gasteiger partial charge in [0, 0.05) is 5.69 Å². The number of aryl methyl sites for hydroxylation is 1. The van der Waals surface area contributed by atoms with E-state index in [2.05, 4.69) is 10.0 Å². The molecule has 0 aliphatic heterocycles. The highest BCUT2D eigenvalue weighted by Crippen LogP contribution is 2.21. The summed E-state index contributed by atoms with van der Waals surface area (Å²) in [6.45, 7) is 3.47. The standard InChI is InChI=1S/C22H22N2O4S/c1-16-8-6-7-11-21(16)24-29(26,27)20-14-12-18(13-15-20)23-22(25)17(2)28-19-9-4-3-5-10-19/h3-15,17,24H,1-2H3,(H,23,25)/t17-/m1/s1. The summed E-state index contributed by atoms with van der Waals surface area (Å²) in [6.07, 6.45) is -0.705. The molecule has 0 radical (unpaired) electrons. The zero-order valence-electron chi connectivity index (χ0n) is 16.1. The molecule has 0 fully saturated rings. The second-order valence-electron chi connectivity index (χ2n) is 6.51. The number of rotatable bonds is 7. The van der Waals surface area contributed by atoms with Gasteiger partial charge >= 0.3 is 0 Å². The van der Waals surface area contributed by atoms with E-state index in [-0.39, 0.29) is 10.8 Å². The molecule has 1 amide bonds. The van der Waals surface area contributed by atoms with Crippen LogP contribution in [0.4, 0.5) is 11.4 Å². The van der Waals surface area contributed by atoms with E-state index in [9.17, 15) is 13.2 Å². The van der Waals surface area contributed by atoms with E-state index in [4.69, 9.17) is 4.74 Å². The van der Waals surface area contributed by atoms with Crippen LogP contribution in [-0.4, -0.2) is 20.4 Å². The Morgan fingerprint density at radius 1 is 0.897 bits per heavy atom. The van der Waals surface area contributed by atoms with Crippen molar-refractivity contribution in [2.45, 2.75) is 24.8 Å². The van der Waals surface area contributed by atoms with Gasteiger partial charge in [-0.25, -0.2) is 8.42 Å². The number of hydrogen-bond acceptors (Lipinski definition) is 4. The first kappa shape index (κ1) is 20.4. The summed E-state index contributed by atoms with van der Waals surface area (Å²) in [4.78, 5) is 12.4. The average Bonchev–Trinajstić information content (AvgIpc) is 2.71. The minimum atomic E-state index is -3.73. The van der Waals surface area contributed by atoms with E-state index in [1.807, 2.05) is 37.3 Å². The molecule has 150 valence electrons. The zero-order chi connectivity index (χ0) is 20.9. The van der Waals surface area contributed by atoms with Crippen molar-refractivity contribution in [2.75, 3.05) is 10.0 Å². The van der Waals surface area contributed by atoms with Crippen LogP contribution in [0.25, 0.3) is 0 Å². The van der Waals surface area contributed by atoms with Crippen LogP contribution in [-0.2, 0) is 14.8 Å². The molecule has 3 rings (SSSR count). The molecule has 0 unspecified atom stereocenters. The van der Waals surface area contributed by atoms with Gasteiger partial charge in [0.05, 0.1) is 10.6 Å². The Hall–Kier alpha value is -3.32. The summed E-state index contributed by atoms with van der Waals surface area (Å²) in [5, 5.41) is 2.72. The van der Waals surface area contributed by atoms with Gasteiger partial charge in [-0.1, -0.05) is 36.4 Å². The van der Waals surface area contributed by atoms with Gasteiger partial charge in [-0.2, -0.15) is 0 Å². The molecule has 0 aromatic heterocycles. The molecule has 3 aromatic rings. The monoisotopic (exact) mass is 410 g/mol. The lowest BCUT2D eigenvalue weighted by Crippen LogP contribution is -2.30. The van der Waals surface area contributed by atoms with Crippen molar-refractivity contribution in [1.82, 2.24) is 0 Å². The minimum Gasteiger partial charge on any atom is -0.481 e. The number of para-hydroxylation sites is 2. The van der Waals surface area contributed by atoms with Gasteiger partial charge in [-0.05, 0) is 61.9 Å². The van der Waals surface area contributed by atoms with Crippen LogP contribution in [0.1, 0.15) is 12.5 Å². The number of sulfonamides is 1. The topological polar surface area (TPSA) is 84.5 Å². The molecule has 2 N–H and O–H groups in total. The fourth-order valence-corrected chi connectivity index (χ4v) is 3.74.